The largest absolute Gasteiger partial charge is 0.467 e. The van der Waals surface area contributed by atoms with Gasteiger partial charge in [-0.3, -0.25) is 0 Å². The van der Waals surface area contributed by atoms with Crippen LogP contribution < -0.4 is 16.0 Å². The summed E-state index contributed by atoms with van der Waals surface area (Å²) in [5.41, 5.74) is 5.69. The number of nitrogens with two attached hydrogens (primary N) is 1. The summed E-state index contributed by atoms with van der Waals surface area (Å²) in [6.07, 6.45) is 1.65. The minimum absolute atomic E-state index is 0.259. The highest BCUT2D eigenvalue weighted by Gasteiger charge is 2.08. The Morgan fingerprint density at radius 2 is 2.28 bits per heavy atom. The molecule has 2 rings (SSSR count). The maximum Gasteiger partial charge on any atom is 0.223 e. The SMILES string of the molecule is CCNc1cc(N(C)Cc2ccco2)nc(N)n1. The number of anilines is 3. The van der Waals surface area contributed by atoms with Gasteiger partial charge in [-0.15, -0.1) is 0 Å². The van der Waals surface area contributed by atoms with Crippen molar-refractivity contribution in [3.8, 4) is 0 Å². The zero-order chi connectivity index (χ0) is 13.0. The van der Waals surface area contributed by atoms with Gasteiger partial charge in [0.25, 0.3) is 0 Å². The molecule has 0 aliphatic carbocycles. The lowest BCUT2D eigenvalue weighted by Gasteiger charge is -2.17. The molecule has 0 spiro atoms. The Balaban J connectivity index is 2.16. The van der Waals surface area contributed by atoms with E-state index in [0.717, 1.165) is 23.9 Å². The van der Waals surface area contributed by atoms with Crippen molar-refractivity contribution in [3.63, 3.8) is 0 Å². The van der Waals surface area contributed by atoms with Crippen molar-refractivity contribution in [2.45, 2.75) is 13.5 Å². The highest BCUT2D eigenvalue weighted by Crippen LogP contribution is 2.17. The van der Waals surface area contributed by atoms with Crippen LogP contribution in [-0.2, 0) is 6.54 Å². The molecule has 2 heterocycles. The Morgan fingerprint density at radius 1 is 1.44 bits per heavy atom. The fraction of sp³-hybridized carbons (Fsp3) is 0.333. The molecule has 0 aromatic carbocycles. The second-order valence-electron chi connectivity index (χ2n) is 3.94. The van der Waals surface area contributed by atoms with Gasteiger partial charge in [-0.25, -0.2) is 0 Å². The van der Waals surface area contributed by atoms with Crippen molar-refractivity contribution in [3.05, 3.63) is 30.2 Å². The molecule has 6 nitrogen and oxygen atoms in total. The zero-order valence-corrected chi connectivity index (χ0v) is 10.6. The Hall–Kier alpha value is -2.24. The number of nitrogens with one attached hydrogen (secondary N) is 1. The van der Waals surface area contributed by atoms with Crippen molar-refractivity contribution in [1.82, 2.24) is 9.97 Å². The van der Waals surface area contributed by atoms with E-state index in [9.17, 15) is 0 Å². The third-order valence-electron chi connectivity index (χ3n) is 2.45. The lowest BCUT2D eigenvalue weighted by atomic mass is 10.4. The molecule has 2 aromatic heterocycles. The molecule has 6 heteroatoms. The summed E-state index contributed by atoms with van der Waals surface area (Å²) >= 11 is 0. The monoisotopic (exact) mass is 247 g/mol. The molecule has 96 valence electrons. The van der Waals surface area contributed by atoms with Crippen LogP contribution in [0.15, 0.2) is 28.9 Å². The highest BCUT2D eigenvalue weighted by atomic mass is 16.3. The standard InChI is InChI=1S/C12H17N5O/c1-3-14-10-7-11(16-12(13)15-10)17(2)8-9-5-4-6-18-9/h4-7H,3,8H2,1-2H3,(H3,13,14,15,16). The van der Waals surface area contributed by atoms with Gasteiger partial charge in [0.15, 0.2) is 0 Å². The number of rotatable bonds is 5. The van der Waals surface area contributed by atoms with Gasteiger partial charge in [-0.2, -0.15) is 9.97 Å². The van der Waals surface area contributed by atoms with E-state index in [4.69, 9.17) is 10.2 Å². The van der Waals surface area contributed by atoms with Gasteiger partial charge in [0.05, 0.1) is 12.8 Å². The van der Waals surface area contributed by atoms with Crippen molar-refractivity contribution in [1.29, 1.82) is 0 Å². The molecule has 0 amide bonds. The van der Waals surface area contributed by atoms with Gasteiger partial charge in [0.2, 0.25) is 5.95 Å². The van der Waals surface area contributed by atoms with Crippen LogP contribution in [0.5, 0.6) is 0 Å². The molecule has 3 N–H and O–H groups in total. The first kappa shape index (κ1) is 12.2. The van der Waals surface area contributed by atoms with E-state index in [-0.39, 0.29) is 5.95 Å². The summed E-state index contributed by atoms with van der Waals surface area (Å²) in [6, 6.07) is 5.65. The number of hydrogen-bond donors (Lipinski definition) is 2. The predicted octanol–water partition coefficient (Wildman–Crippen LogP) is 1.72. The normalized spacial score (nSPS) is 10.3. The summed E-state index contributed by atoms with van der Waals surface area (Å²) in [7, 11) is 1.93. The quantitative estimate of drug-likeness (QED) is 0.837. The maximum atomic E-state index is 5.69. The van der Waals surface area contributed by atoms with Crippen molar-refractivity contribution < 1.29 is 4.42 Å². The van der Waals surface area contributed by atoms with Gasteiger partial charge >= 0.3 is 0 Å². The topological polar surface area (TPSA) is 80.2 Å². The fourth-order valence-corrected chi connectivity index (χ4v) is 1.64. The third-order valence-corrected chi connectivity index (χ3v) is 2.45. The average molecular weight is 247 g/mol. The molecule has 0 unspecified atom stereocenters. The number of aromatic nitrogens is 2. The number of nitrogens with zero attached hydrogens (tertiary/aromatic N) is 3. The first-order valence-corrected chi connectivity index (χ1v) is 5.81. The molecule has 2 aromatic rings. The lowest BCUT2D eigenvalue weighted by molar-refractivity contribution is 0.507. The molecule has 0 aliphatic heterocycles. The Morgan fingerprint density at radius 3 is 2.94 bits per heavy atom. The van der Waals surface area contributed by atoms with E-state index in [1.54, 1.807) is 6.26 Å². The van der Waals surface area contributed by atoms with Crippen molar-refractivity contribution >= 4 is 17.6 Å². The lowest BCUT2D eigenvalue weighted by Crippen LogP contribution is -2.18. The molecule has 0 aliphatic rings. The minimum Gasteiger partial charge on any atom is -0.467 e. The minimum atomic E-state index is 0.259. The summed E-state index contributed by atoms with van der Waals surface area (Å²) in [6.45, 7) is 3.43. The van der Waals surface area contributed by atoms with Gasteiger partial charge in [0.1, 0.15) is 17.4 Å². The fourth-order valence-electron chi connectivity index (χ4n) is 1.64. The summed E-state index contributed by atoms with van der Waals surface area (Å²) in [4.78, 5) is 10.3. The van der Waals surface area contributed by atoms with Crippen LogP contribution >= 0.6 is 0 Å². The Kier molecular flexibility index (Phi) is 3.66. The smallest absolute Gasteiger partial charge is 0.223 e. The van der Waals surface area contributed by atoms with Crippen molar-refractivity contribution in [2.75, 3.05) is 29.5 Å². The number of nitrogen functional groups attached to an aromatic ring is 1. The number of furan rings is 1. The molecular formula is C12H17N5O. The second kappa shape index (κ2) is 5.39. The third kappa shape index (κ3) is 2.91. The summed E-state index contributed by atoms with van der Waals surface area (Å²) in [5.74, 6) is 2.62. The van der Waals surface area contributed by atoms with E-state index in [1.165, 1.54) is 0 Å². The molecule has 0 fully saturated rings. The van der Waals surface area contributed by atoms with E-state index >= 15 is 0 Å². The van der Waals surface area contributed by atoms with Crippen LogP contribution in [0.3, 0.4) is 0 Å². The van der Waals surface area contributed by atoms with Crippen LogP contribution in [0.1, 0.15) is 12.7 Å². The van der Waals surface area contributed by atoms with Crippen LogP contribution in [0, 0.1) is 0 Å². The molecule has 0 saturated carbocycles. The van der Waals surface area contributed by atoms with E-state index < -0.39 is 0 Å². The average Bonchev–Trinajstić information content (AvgIpc) is 2.81. The second-order valence-corrected chi connectivity index (χ2v) is 3.94. The molecule has 18 heavy (non-hydrogen) atoms. The molecule has 0 bridgehead atoms. The van der Waals surface area contributed by atoms with E-state index in [2.05, 4.69) is 15.3 Å². The molecule has 0 radical (unpaired) electrons. The summed E-state index contributed by atoms with van der Waals surface area (Å²) in [5, 5.41) is 3.12. The van der Waals surface area contributed by atoms with Crippen LogP contribution in [0.4, 0.5) is 17.6 Å². The first-order valence-electron chi connectivity index (χ1n) is 5.81. The summed E-state index contributed by atoms with van der Waals surface area (Å²) < 4.78 is 5.30. The number of hydrogen-bond acceptors (Lipinski definition) is 6. The van der Waals surface area contributed by atoms with Crippen molar-refractivity contribution in [2.24, 2.45) is 0 Å². The first-order chi connectivity index (χ1) is 8.69. The van der Waals surface area contributed by atoms with Gasteiger partial charge in [0, 0.05) is 19.7 Å². The highest BCUT2D eigenvalue weighted by molar-refractivity contribution is 5.52. The zero-order valence-electron chi connectivity index (χ0n) is 10.6. The van der Waals surface area contributed by atoms with E-state index in [1.807, 2.05) is 37.1 Å². The van der Waals surface area contributed by atoms with Crippen LogP contribution in [0.2, 0.25) is 0 Å². The Bertz CT molecular complexity index is 497. The van der Waals surface area contributed by atoms with Gasteiger partial charge in [-0.05, 0) is 19.1 Å². The van der Waals surface area contributed by atoms with Crippen LogP contribution in [-0.4, -0.2) is 23.6 Å². The van der Waals surface area contributed by atoms with Gasteiger partial charge in [-0.1, -0.05) is 0 Å². The maximum absolute atomic E-state index is 5.69. The van der Waals surface area contributed by atoms with Crippen LogP contribution in [0.25, 0.3) is 0 Å². The predicted molar refractivity (Wildman–Crippen MR) is 71.4 cm³/mol. The molecule has 0 saturated heterocycles. The molecule has 0 atom stereocenters. The molecular weight excluding hydrogens is 230 g/mol. The Labute approximate surface area is 106 Å². The van der Waals surface area contributed by atoms with Gasteiger partial charge < -0.3 is 20.4 Å². The van der Waals surface area contributed by atoms with E-state index in [0.29, 0.717) is 6.54 Å².